The predicted octanol–water partition coefficient (Wildman–Crippen LogP) is 3.41. The maximum atomic E-state index is 6.18. The molecule has 1 aliphatic rings. The van der Waals surface area contributed by atoms with Gasteiger partial charge in [-0.15, -0.1) is 11.3 Å². The van der Waals surface area contributed by atoms with Crippen LogP contribution >= 0.6 is 34.5 Å². The quantitative estimate of drug-likeness (QED) is 0.912. The minimum Gasteiger partial charge on any atom is -0.316 e. The summed E-state index contributed by atoms with van der Waals surface area (Å²) in [6.45, 7) is 4.40. The molecule has 2 heterocycles. The fraction of sp³-hybridized carbons (Fsp3) is 0.636. The van der Waals surface area contributed by atoms with Gasteiger partial charge in [-0.25, -0.2) is 0 Å². The van der Waals surface area contributed by atoms with Gasteiger partial charge in [-0.3, -0.25) is 4.90 Å². The van der Waals surface area contributed by atoms with E-state index < -0.39 is 0 Å². The number of likely N-dealkylation sites (N-methyl/N-ethyl adjacent to an activating group) is 1. The van der Waals surface area contributed by atoms with Gasteiger partial charge in [0.1, 0.15) is 0 Å². The third-order valence-electron chi connectivity index (χ3n) is 3.31. The Morgan fingerprint density at radius 2 is 2.31 bits per heavy atom. The molecular weight excluding hydrogens is 263 g/mol. The fourth-order valence-corrected chi connectivity index (χ4v) is 3.84. The van der Waals surface area contributed by atoms with Crippen molar-refractivity contribution in [2.24, 2.45) is 0 Å². The Balaban J connectivity index is 2.08. The van der Waals surface area contributed by atoms with Crippen LogP contribution in [0.15, 0.2) is 6.07 Å². The predicted molar refractivity (Wildman–Crippen MR) is 71.8 cm³/mol. The lowest BCUT2D eigenvalue weighted by molar-refractivity contribution is 0.257. The Bertz CT molecular complexity index is 367. The maximum Gasteiger partial charge on any atom is 0.0991 e. The molecule has 0 amide bonds. The number of hydrogen-bond acceptors (Lipinski definition) is 3. The number of nitrogens with one attached hydrogen (secondary N) is 1. The van der Waals surface area contributed by atoms with Crippen molar-refractivity contribution in [2.75, 3.05) is 20.1 Å². The van der Waals surface area contributed by atoms with Crippen molar-refractivity contribution in [3.05, 3.63) is 20.3 Å². The molecule has 16 heavy (non-hydrogen) atoms. The summed E-state index contributed by atoms with van der Waals surface area (Å²) in [5.74, 6) is 0. The molecule has 0 spiro atoms. The van der Waals surface area contributed by atoms with Gasteiger partial charge in [0.25, 0.3) is 0 Å². The molecule has 1 aliphatic heterocycles. The van der Waals surface area contributed by atoms with E-state index in [9.17, 15) is 0 Å². The van der Waals surface area contributed by atoms with Crippen LogP contribution in [0.4, 0.5) is 0 Å². The topological polar surface area (TPSA) is 15.3 Å². The first-order valence-electron chi connectivity index (χ1n) is 5.48. The SMILES string of the molecule is CNC1CCN(C(C)c2cc(Cl)sc2Cl)C1. The molecule has 1 aromatic rings. The van der Waals surface area contributed by atoms with Crippen LogP contribution in [0.3, 0.4) is 0 Å². The summed E-state index contributed by atoms with van der Waals surface area (Å²) < 4.78 is 1.60. The van der Waals surface area contributed by atoms with E-state index in [0.29, 0.717) is 12.1 Å². The second-order valence-electron chi connectivity index (χ2n) is 4.22. The van der Waals surface area contributed by atoms with Crippen LogP contribution in [0.5, 0.6) is 0 Å². The van der Waals surface area contributed by atoms with E-state index in [-0.39, 0.29) is 0 Å². The summed E-state index contributed by atoms with van der Waals surface area (Å²) in [7, 11) is 2.02. The second-order valence-corrected chi connectivity index (χ2v) is 6.51. The van der Waals surface area contributed by atoms with Crippen molar-refractivity contribution in [1.82, 2.24) is 10.2 Å². The first-order valence-corrected chi connectivity index (χ1v) is 7.05. The number of thiophene rings is 1. The monoisotopic (exact) mass is 278 g/mol. The van der Waals surface area contributed by atoms with Gasteiger partial charge < -0.3 is 5.32 Å². The van der Waals surface area contributed by atoms with Crippen molar-refractivity contribution in [1.29, 1.82) is 0 Å². The third-order valence-corrected chi connectivity index (χ3v) is 4.83. The summed E-state index contributed by atoms with van der Waals surface area (Å²) in [5, 5.41) is 3.32. The molecule has 90 valence electrons. The highest BCUT2D eigenvalue weighted by Crippen LogP contribution is 2.37. The molecule has 2 nitrogen and oxygen atoms in total. The molecule has 2 unspecified atom stereocenters. The van der Waals surface area contributed by atoms with Crippen molar-refractivity contribution >= 4 is 34.5 Å². The molecule has 1 N–H and O–H groups in total. The molecule has 5 heteroatoms. The zero-order valence-corrected chi connectivity index (χ0v) is 11.8. The highest BCUT2D eigenvalue weighted by Gasteiger charge is 2.27. The van der Waals surface area contributed by atoms with E-state index in [1.54, 1.807) is 0 Å². The van der Waals surface area contributed by atoms with Gasteiger partial charge in [-0.2, -0.15) is 0 Å². The molecular formula is C11H16Cl2N2S. The first-order chi connectivity index (χ1) is 7.61. The highest BCUT2D eigenvalue weighted by atomic mass is 35.5. The minimum atomic E-state index is 0.356. The number of rotatable bonds is 3. The van der Waals surface area contributed by atoms with Gasteiger partial charge in [0, 0.05) is 30.7 Å². The normalized spacial score (nSPS) is 23.9. The molecule has 1 fully saturated rings. The van der Waals surface area contributed by atoms with E-state index in [2.05, 4.69) is 17.1 Å². The zero-order chi connectivity index (χ0) is 11.7. The summed E-state index contributed by atoms with van der Waals surface area (Å²) in [6.07, 6.45) is 1.20. The van der Waals surface area contributed by atoms with Crippen LogP contribution in [-0.4, -0.2) is 31.1 Å². The lowest BCUT2D eigenvalue weighted by Crippen LogP contribution is -2.31. The van der Waals surface area contributed by atoms with Crippen LogP contribution in [0, 0.1) is 0 Å². The van der Waals surface area contributed by atoms with Gasteiger partial charge in [-0.05, 0) is 26.5 Å². The van der Waals surface area contributed by atoms with Crippen LogP contribution in [0.1, 0.15) is 24.9 Å². The number of nitrogens with zero attached hydrogens (tertiary/aromatic N) is 1. The number of hydrogen-bond donors (Lipinski definition) is 1. The summed E-state index contributed by atoms with van der Waals surface area (Å²) in [6, 6.07) is 2.95. The minimum absolute atomic E-state index is 0.356. The molecule has 2 atom stereocenters. The molecule has 0 saturated carbocycles. The number of likely N-dealkylation sites (tertiary alicyclic amines) is 1. The Kier molecular flexibility index (Phi) is 4.14. The third kappa shape index (κ3) is 2.54. The van der Waals surface area contributed by atoms with Gasteiger partial charge in [0.05, 0.1) is 8.67 Å². The highest BCUT2D eigenvalue weighted by molar-refractivity contribution is 7.20. The molecule has 0 radical (unpaired) electrons. The Labute approximate surface area is 111 Å². The summed E-state index contributed by atoms with van der Waals surface area (Å²) in [4.78, 5) is 2.45. The molecule has 0 aromatic carbocycles. The van der Waals surface area contributed by atoms with Crippen LogP contribution in [-0.2, 0) is 0 Å². The van der Waals surface area contributed by atoms with Crippen molar-refractivity contribution < 1.29 is 0 Å². The summed E-state index contributed by atoms with van der Waals surface area (Å²) >= 11 is 13.6. The van der Waals surface area contributed by atoms with E-state index in [0.717, 1.165) is 27.3 Å². The molecule has 2 rings (SSSR count). The molecule has 1 saturated heterocycles. The van der Waals surface area contributed by atoms with Gasteiger partial charge in [0.15, 0.2) is 0 Å². The summed E-state index contributed by atoms with van der Waals surface area (Å²) in [5.41, 5.74) is 1.16. The standard InChI is InChI=1S/C11H16Cl2N2S/c1-7(9-5-10(12)16-11(9)13)15-4-3-8(6-15)14-2/h5,7-8,14H,3-4,6H2,1-2H3. The van der Waals surface area contributed by atoms with Crippen molar-refractivity contribution in [3.63, 3.8) is 0 Å². The second kappa shape index (κ2) is 5.23. The molecule has 0 aliphatic carbocycles. The Morgan fingerprint density at radius 3 is 2.81 bits per heavy atom. The Morgan fingerprint density at radius 1 is 1.56 bits per heavy atom. The fourth-order valence-electron chi connectivity index (χ4n) is 2.21. The van der Waals surface area contributed by atoms with E-state index in [1.807, 2.05) is 13.1 Å². The molecule has 0 bridgehead atoms. The lowest BCUT2D eigenvalue weighted by Gasteiger charge is -2.24. The van der Waals surface area contributed by atoms with Crippen LogP contribution in [0.2, 0.25) is 8.67 Å². The van der Waals surface area contributed by atoms with Gasteiger partial charge in [0.2, 0.25) is 0 Å². The van der Waals surface area contributed by atoms with E-state index in [1.165, 1.54) is 17.8 Å². The average molecular weight is 279 g/mol. The van der Waals surface area contributed by atoms with Crippen LogP contribution in [0.25, 0.3) is 0 Å². The smallest absolute Gasteiger partial charge is 0.0991 e. The first kappa shape index (κ1) is 12.7. The van der Waals surface area contributed by atoms with Crippen molar-refractivity contribution in [3.8, 4) is 0 Å². The maximum absolute atomic E-state index is 6.18. The largest absolute Gasteiger partial charge is 0.316 e. The van der Waals surface area contributed by atoms with Crippen molar-refractivity contribution in [2.45, 2.75) is 25.4 Å². The lowest BCUT2D eigenvalue weighted by atomic mass is 10.1. The van der Waals surface area contributed by atoms with E-state index >= 15 is 0 Å². The zero-order valence-electron chi connectivity index (χ0n) is 9.46. The van der Waals surface area contributed by atoms with Gasteiger partial charge >= 0.3 is 0 Å². The number of halogens is 2. The van der Waals surface area contributed by atoms with E-state index in [4.69, 9.17) is 23.2 Å². The molecule has 1 aromatic heterocycles. The average Bonchev–Trinajstić information content (AvgIpc) is 2.84. The Hall–Kier alpha value is 0.200. The van der Waals surface area contributed by atoms with Crippen LogP contribution < -0.4 is 5.32 Å². The van der Waals surface area contributed by atoms with Gasteiger partial charge in [-0.1, -0.05) is 23.2 Å².